The molecule has 238 valence electrons. The molecular formula is C47H29N3S. The highest BCUT2D eigenvalue weighted by molar-refractivity contribution is 7.80. The molecule has 0 amide bonds. The lowest BCUT2D eigenvalue weighted by Crippen LogP contribution is -1.95. The van der Waals surface area contributed by atoms with Crippen molar-refractivity contribution in [1.82, 2.24) is 15.0 Å². The van der Waals surface area contributed by atoms with Crippen molar-refractivity contribution in [3.05, 3.63) is 170 Å². The Morgan fingerprint density at radius 1 is 0.333 bits per heavy atom. The van der Waals surface area contributed by atoms with E-state index in [-0.39, 0.29) is 0 Å². The number of nitrogens with zero attached hydrogens (tertiary/aromatic N) is 3. The van der Waals surface area contributed by atoms with Crippen LogP contribution < -0.4 is 0 Å². The Balaban J connectivity index is 1.19. The molecule has 0 bridgehead atoms. The topological polar surface area (TPSA) is 38.7 Å². The Labute approximate surface area is 300 Å². The van der Waals surface area contributed by atoms with Gasteiger partial charge in [-0.2, -0.15) is 0 Å². The van der Waals surface area contributed by atoms with E-state index in [0.717, 1.165) is 104 Å². The summed E-state index contributed by atoms with van der Waals surface area (Å²) in [6, 6.07) is 59.4. The number of fused-ring (bicyclic) bond motifs is 6. The van der Waals surface area contributed by atoms with Crippen LogP contribution in [0.25, 0.3) is 99.2 Å². The predicted octanol–water partition coefficient (Wildman–Crippen LogP) is 12.6. The van der Waals surface area contributed by atoms with Crippen molar-refractivity contribution in [3.8, 4) is 44.9 Å². The van der Waals surface area contributed by atoms with Crippen LogP contribution in [0.3, 0.4) is 0 Å². The number of benzene rings is 7. The summed E-state index contributed by atoms with van der Waals surface area (Å²) in [5.74, 6) is 0. The molecule has 10 aromatic rings. The number of rotatable bonds is 4. The van der Waals surface area contributed by atoms with Crippen LogP contribution in [0, 0.1) is 0 Å². The third-order valence-electron chi connectivity index (χ3n) is 9.96. The van der Waals surface area contributed by atoms with Crippen LogP contribution in [0.4, 0.5) is 0 Å². The molecule has 0 unspecified atom stereocenters. The van der Waals surface area contributed by atoms with E-state index >= 15 is 0 Å². The van der Waals surface area contributed by atoms with E-state index < -0.39 is 0 Å². The molecule has 10 rings (SSSR count). The maximum atomic E-state index is 5.41. The first-order chi connectivity index (χ1) is 25.2. The molecule has 3 aromatic heterocycles. The Morgan fingerprint density at radius 2 is 0.784 bits per heavy atom. The standard InChI is InChI=1S/C47H29N3S/c51-47-33(29-11-3-1-4-12-29)23-27-40-38(47)24-28-41(48-40)43-34-15-7-9-17-36(34)44(37-18-10-8-16-35(37)43)42-26-22-32-20-19-31-21-25-39(30-13-5-2-6-14-30)49-45(31)46(32)50-42/h1-28,51H. The molecule has 51 heavy (non-hydrogen) atoms. The van der Waals surface area contributed by atoms with Crippen molar-refractivity contribution >= 4 is 66.9 Å². The summed E-state index contributed by atoms with van der Waals surface area (Å²) in [6.45, 7) is 0. The summed E-state index contributed by atoms with van der Waals surface area (Å²) in [7, 11) is 0. The second-order valence-electron chi connectivity index (χ2n) is 12.9. The van der Waals surface area contributed by atoms with Crippen LogP contribution in [-0.4, -0.2) is 15.0 Å². The zero-order valence-electron chi connectivity index (χ0n) is 27.5. The van der Waals surface area contributed by atoms with Crippen molar-refractivity contribution in [2.24, 2.45) is 0 Å². The lowest BCUT2D eigenvalue weighted by Gasteiger charge is -2.18. The average Bonchev–Trinajstić information content (AvgIpc) is 3.20. The highest BCUT2D eigenvalue weighted by Gasteiger charge is 2.19. The zero-order valence-corrected chi connectivity index (χ0v) is 28.3. The van der Waals surface area contributed by atoms with Gasteiger partial charge in [0.25, 0.3) is 0 Å². The SMILES string of the molecule is Sc1c(-c2ccccc2)ccc2nc(-c3c4ccccc4c(-c4ccc5ccc6ccc(-c7ccccc7)nc6c5n4)c4ccccc34)ccc12. The van der Waals surface area contributed by atoms with E-state index in [2.05, 4.69) is 146 Å². The van der Waals surface area contributed by atoms with Crippen molar-refractivity contribution in [1.29, 1.82) is 0 Å². The van der Waals surface area contributed by atoms with E-state index in [1.807, 2.05) is 24.3 Å². The van der Waals surface area contributed by atoms with Gasteiger partial charge in [-0.25, -0.2) is 15.0 Å². The van der Waals surface area contributed by atoms with Crippen LogP contribution in [0.5, 0.6) is 0 Å². The van der Waals surface area contributed by atoms with E-state index in [4.69, 9.17) is 27.6 Å². The number of hydrogen-bond acceptors (Lipinski definition) is 4. The van der Waals surface area contributed by atoms with Gasteiger partial charge in [0.1, 0.15) is 0 Å². The predicted molar refractivity (Wildman–Crippen MR) is 216 cm³/mol. The molecule has 0 saturated carbocycles. The van der Waals surface area contributed by atoms with Crippen molar-refractivity contribution in [2.45, 2.75) is 4.90 Å². The second kappa shape index (κ2) is 11.9. The van der Waals surface area contributed by atoms with Crippen LogP contribution in [0.2, 0.25) is 0 Å². The zero-order chi connectivity index (χ0) is 33.9. The molecule has 0 aliphatic carbocycles. The highest BCUT2D eigenvalue weighted by atomic mass is 32.1. The molecule has 0 aliphatic heterocycles. The van der Waals surface area contributed by atoms with Gasteiger partial charge in [0.05, 0.1) is 33.6 Å². The van der Waals surface area contributed by atoms with Gasteiger partial charge >= 0.3 is 0 Å². The normalized spacial score (nSPS) is 11.6. The highest BCUT2D eigenvalue weighted by Crippen LogP contribution is 2.44. The van der Waals surface area contributed by atoms with Crippen LogP contribution in [0.1, 0.15) is 0 Å². The van der Waals surface area contributed by atoms with E-state index in [1.54, 1.807) is 0 Å². The largest absolute Gasteiger partial charge is 0.248 e. The molecule has 0 aliphatic rings. The van der Waals surface area contributed by atoms with Gasteiger partial charge in [-0.3, -0.25) is 0 Å². The molecule has 4 heteroatoms. The number of aromatic nitrogens is 3. The first kappa shape index (κ1) is 29.5. The van der Waals surface area contributed by atoms with Gasteiger partial charge in [-0.1, -0.05) is 140 Å². The first-order valence-corrected chi connectivity index (χ1v) is 17.5. The fraction of sp³-hybridized carbons (Fsp3) is 0. The lowest BCUT2D eigenvalue weighted by molar-refractivity contribution is 1.37. The molecule has 0 radical (unpaired) electrons. The Hall–Kier alpha value is -6.36. The van der Waals surface area contributed by atoms with E-state index in [1.165, 1.54) is 0 Å². The minimum Gasteiger partial charge on any atom is -0.248 e. The smallest absolute Gasteiger partial charge is 0.0972 e. The number of pyridine rings is 3. The molecule has 0 spiro atoms. The average molecular weight is 668 g/mol. The molecule has 3 nitrogen and oxygen atoms in total. The molecule has 0 fully saturated rings. The van der Waals surface area contributed by atoms with Gasteiger partial charge in [-0.05, 0) is 63.0 Å². The number of hydrogen-bond donors (Lipinski definition) is 1. The fourth-order valence-corrected chi connectivity index (χ4v) is 7.93. The molecule has 0 atom stereocenters. The first-order valence-electron chi connectivity index (χ1n) is 17.1. The molecule has 3 heterocycles. The minimum atomic E-state index is 0.897. The maximum Gasteiger partial charge on any atom is 0.0972 e. The van der Waals surface area contributed by atoms with Crippen molar-refractivity contribution in [2.75, 3.05) is 0 Å². The minimum absolute atomic E-state index is 0.897. The van der Waals surface area contributed by atoms with E-state index in [0.29, 0.717) is 0 Å². The number of thiol groups is 1. The van der Waals surface area contributed by atoms with Gasteiger partial charge in [0, 0.05) is 37.7 Å². The third-order valence-corrected chi connectivity index (χ3v) is 10.4. The summed E-state index contributed by atoms with van der Waals surface area (Å²) in [5.41, 5.74) is 11.0. The monoisotopic (exact) mass is 667 g/mol. The van der Waals surface area contributed by atoms with Crippen molar-refractivity contribution < 1.29 is 0 Å². The third kappa shape index (κ3) is 4.87. The van der Waals surface area contributed by atoms with Crippen LogP contribution in [0.15, 0.2) is 175 Å². The van der Waals surface area contributed by atoms with Gasteiger partial charge in [0.2, 0.25) is 0 Å². The summed E-state index contributed by atoms with van der Waals surface area (Å²) >= 11 is 4.99. The van der Waals surface area contributed by atoms with Crippen LogP contribution >= 0.6 is 12.6 Å². The molecule has 7 aromatic carbocycles. The van der Waals surface area contributed by atoms with Gasteiger partial charge < -0.3 is 0 Å². The summed E-state index contributed by atoms with van der Waals surface area (Å²) in [4.78, 5) is 16.8. The summed E-state index contributed by atoms with van der Waals surface area (Å²) < 4.78 is 0. The molecular weight excluding hydrogens is 639 g/mol. The van der Waals surface area contributed by atoms with Gasteiger partial charge in [0.15, 0.2) is 0 Å². The summed E-state index contributed by atoms with van der Waals surface area (Å²) in [6.07, 6.45) is 0. The van der Waals surface area contributed by atoms with Gasteiger partial charge in [-0.15, -0.1) is 12.6 Å². The Kier molecular flexibility index (Phi) is 6.90. The summed E-state index contributed by atoms with van der Waals surface area (Å²) in [5, 5.41) is 7.70. The van der Waals surface area contributed by atoms with Crippen molar-refractivity contribution in [3.63, 3.8) is 0 Å². The van der Waals surface area contributed by atoms with E-state index in [9.17, 15) is 0 Å². The van der Waals surface area contributed by atoms with Crippen LogP contribution in [-0.2, 0) is 0 Å². The Bertz CT molecular complexity index is 2920. The lowest BCUT2D eigenvalue weighted by atomic mass is 9.88. The maximum absolute atomic E-state index is 5.41. The molecule has 0 saturated heterocycles. The fourth-order valence-electron chi connectivity index (χ4n) is 7.54. The molecule has 0 N–H and O–H groups in total. The second-order valence-corrected chi connectivity index (χ2v) is 13.3. The Morgan fingerprint density at radius 3 is 1.37 bits per heavy atom. The quantitative estimate of drug-likeness (QED) is 0.115.